The maximum Gasteiger partial charge on any atom is -0.0280 e. The second-order valence-electron chi connectivity index (χ2n) is 6.62. The second-order valence-corrected chi connectivity index (χ2v) is 6.62. The summed E-state index contributed by atoms with van der Waals surface area (Å²) in [6, 6.07) is 0. The van der Waals surface area contributed by atoms with E-state index in [1.54, 1.807) is 0 Å². The van der Waals surface area contributed by atoms with Crippen LogP contribution in [0.15, 0.2) is 33.4 Å². The monoisotopic (exact) mass is 240 g/mol. The first-order chi connectivity index (χ1) is 8.90. The molecule has 96 valence electrons. The molecule has 10 aliphatic carbocycles. The van der Waals surface area contributed by atoms with Crippen LogP contribution in [0, 0.1) is 0 Å². The van der Waals surface area contributed by atoms with E-state index in [1.165, 1.54) is 77.0 Å². The Bertz CT molecular complexity index is 321. The van der Waals surface area contributed by atoms with E-state index in [0.717, 1.165) is 0 Å². The van der Waals surface area contributed by atoms with Gasteiger partial charge in [0.2, 0.25) is 0 Å². The van der Waals surface area contributed by atoms with Crippen LogP contribution < -0.4 is 0 Å². The number of hydrogen-bond donors (Lipinski definition) is 0. The second kappa shape index (κ2) is 4.40. The van der Waals surface area contributed by atoms with E-state index in [2.05, 4.69) is 0 Å². The quantitative estimate of drug-likeness (QED) is 0.483. The summed E-state index contributed by atoms with van der Waals surface area (Å²) in [6.07, 6.45) is 16.8. The fourth-order valence-corrected chi connectivity index (χ4v) is 4.68. The molecule has 6 bridgehead atoms. The van der Waals surface area contributed by atoms with Crippen molar-refractivity contribution in [3.05, 3.63) is 33.4 Å². The molecule has 3 fully saturated rings. The summed E-state index contributed by atoms with van der Waals surface area (Å²) < 4.78 is 0. The fraction of sp³-hybridized carbons (Fsp3) is 0.667. The first-order valence-corrected chi connectivity index (χ1v) is 7.99. The van der Waals surface area contributed by atoms with Gasteiger partial charge in [-0.2, -0.15) is 0 Å². The topological polar surface area (TPSA) is 0 Å². The Morgan fingerprint density at radius 2 is 0.333 bits per heavy atom. The Kier molecular flexibility index (Phi) is 2.71. The molecule has 0 aromatic rings. The summed E-state index contributed by atoms with van der Waals surface area (Å²) in [5.74, 6) is 0. The largest absolute Gasteiger partial charge is 0.0704 e. The van der Waals surface area contributed by atoms with Crippen molar-refractivity contribution < 1.29 is 0 Å². The van der Waals surface area contributed by atoms with Gasteiger partial charge in [0.05, 0.1) is 0 Å². The number of allylic oxidation sites excluding steroid dienone is 6. The standard InChI is InChI=1S/C18H24/c1-2-14-4-3-13(1)15-5-7-17(8-6-15)18-11-9-16(14)10-12-18/h1-12H2. The lowest BCUT2D eigenvalue weighted by Crippen LogP contribution is -2.12. The van der Waals surface area contributed by atoms with Gasteiger partial charge >= 0.3 is 0 Å². The third-order valence-electron chi connectivity index (χ3n) is 5.87. The van der Waals surface area contributed by atoms with Gasteiger partial charge < -0.3 is 0 Å². The van der Waals surface area contributed by atoms with Crippen molar-refractivity contribution in [1.82, 2.24) is 0 Å². The molecule has 3 saturated carbocycles. The highest BCUT2D eigenvalue weighted by Gasteiger charge is 2.24. The molecule has 18 heavy (non-hydrogen) atoms. The van der Waals surface area contributed by atoms with Crippen LogP contribution in [0.5, 0.6) is 0 Å². The number of rotatable bonds is 0. The molecule has 0 saturated heterocycles. The van der Waals surface area contributed by atoms with E-state index >= 15 is 0 Å². The predicted octanol–water partition coefficient (Wildman–Crippen LogP) is 5.61. The van der Waals surface area contributed by atoms with Gasteiger partial charge in [-0.1, -0.05) is 33.4 Å². The van der Waals surface area contributed by atoms with Crippen LogP contribution in [0.1, 0.15) is 77.0 Å². The molecule has 0 aromatic heterocycles. The highest BCUT2D eigenvalue weighted by molar-refractivity contribution is 5.33. The Morgan fingerprint density at radius 1 is 0.222 bits per heavy atom. The zero-order chi connectivity index (χ0) is 11.9. The summed E-state index contributed by atoms with van der Waals surface area (Å²) in [5.41, 5.74) is 11.2. The van der Waals surface area contributed by atoms with Crippen molar-refractivity contribution >= 4 is 0 Å². The molecule has 0 N–H and O–H groups in total. The summed E-state index contributed by atoms with van der Waals surface area (Å²) in [4.78, 5) is 0. The van der Waals surface area contributed by atoms with Gasteiger partial charge in [0.25, 0.3) is 0 Å². The lowest BCUT2D eigenvalue weighted by atomic mass is 9.74. The average molecular weight is 240 g/mol. The Morgan fingerprint density at radius 3 is 0.444 bits per heavy atom. The van der Waals surface area contributed by atoms with Crippen LogP contribution in [-0.4, -0.2) is 0 Å². The van der Waals surface area contributed by atoms with Gasteiger partial charge in [-0.05, 0) is 77.0 Å². The molecule has 0 aromatic carbocycles. The van der Waals surface area contributed by atoms with E-state index in [9.17, 15) is 0 Å². The normalized spacial score (nSPS) is 28.0. The van der Waals surface area contributed by atoms with Gasteiger partial charge in [0.15, 0.2) is 0 Å². The van der Waals surface area contributed by atoms with Crippen molar-refractivity contribution in [2.75, 3.05) is 0 Å². The molecule has 0 aliphatic heterocycles. The molecule has 0 radical (unpaired) electrons. The predicted molar refractivity (Wildman–Crippen MR) is 76.5 cm³/mol. The molecule has 10 aliphatic rings. The van der Waals surface area contributed by atoms with Crippen molar-refractivity contribution in [3.8, 4) is 0 Å². The lowest BCUT2D eigenvalue weighted by Gasteiger charge is -2.32. The summed E-state index contributed by atoms with van der Waals surface area (Å²) in [7, 11) is 0. The van der Waals surface area contributed by atoms with E-state index in [4.69, 9.17) is 0 Å². The Labute approximate surface area is 111 Å². The average Bonchev–Trinajstić information content (AvgIpc) is 2.46. The minimum absolute atomic E-state index is 1.40. The van der Waals surface area contributed by atoms with E-state index in [0.29, 0.717) is 0 Å². The molecule has 0 heterocycles. The van der Waals surface area contributed by atoms with Gasteiger partial charge in [0.1, 0.15) is 0 Å². The maximum atomic E-state index is 1.86. The molecule has 0 nitrogen and oxygen atoms in total. The minimum Gasteiger partial charge on any atom is -0.0704 e. The molecule has 0 amide bonds. The lowest BCUT2D eigenvalue weighted by molar-refractivity contribution is 0.599. The zero-order valence-corrected chi connectivity index (χ0v) is 11.5. The Balaban J connectivity index is 1.79. The van der Waals surface area contributed by atoms with Crippen molar-refractivity contribution in [2.45, 2.75) is 77.0 Å². The van der Waals surface area contributed by atoms with Crippen LogP contribution in [0.2, 0.25) is 0 Å². The molecule has 10 rings (SSSR count). The Hall–Kier alpha value is -0.780. The third-order valence-corrected chi connectivity index (χ3v) is 5.87. The smallest absolute Gasteiger partial charge is 0.0280 e. The maximum absolute atomic E-state index is 1.86. The van der Waals surface area contributed by atoms with Crippen LogP contribution in [-0.2, 0) is 0 Å². The van der Waals surface area contributed by atoms with Crippen LogP contribution >= 0.6 is 0 Å². The highest BCUT2D eigenvalue weighted by atomic mass is 14.3. The number of hydrogen-bond acceptors (Lipinski definition) is 0. The van der Waals surface area contributed by atoms with Gasteiger partial charge in [-0.3, -0.25) is 0 Å². The fourth-order valence-electron chi connectivity index (χ4n) is 4.68. The third kappa shape index (κ3) is 1.81. The summed E-state index contributed by atoms with van der Waals surface area (Å²) in [6.45, 7) is 0. The van der Waals surface area contributed by atoms with Crippen molar-refractivity contribution in [1.29, 1.82) is 0 Å². The molecule has 0 unspecified atom stereocenters. The van der Waals surface area contributed by atoms with E-state index < -0.39 is 0 Å². The van der Waals surface area contributed by atoms with Crippen LogP contribution in [0.4, 0.5) is 0 Å². The van der Waals surface area contributed by atoms with Crippen molar-refractivity contribution in [2.24, 2.45) is 0 Å². The zero-order valence-electron chi connectivity index (χ0n) is 11.5. The first-order valence-electron chi connectivity index (χ1n) is 7.99. The molecule has 0 heteroatoms. The molecular formula is C18H24. The minimum atomic E-state index is 1.40. The summed E-state index contributed by atoms with van der Waals surface area (Å²) >= 11 is 0. The van der Waals surface area contributed by atoms with Gasteiger partial charge in [-0.15, -0.1) is 0 Å². The molecule has 0 spiro atoms. The molecular weight excluding hydrogens is 216 g/mol. The van der Waals surface area contributed by atoms with Crippen LogP contribution in [0.25, 0.3) is 0 Å². The van der Waals surface area contributed by atoms with Crippen molar-refractivity contribution in [3.63, 3.8) is 0 Å². The first kappa shape index (κ1) is 11.1. The van der Waals surface area contributed by atoms with E-state index in [-0.39, 0.29) is 0 Å². The summed E-state index contributed by atoms with van der Waals surface area (Å²) in [5, 5.41) is 0. The van der Waals surface area contributed by atoms with Gasteiger partial charge in [0, 0.05) is 0 Å². The van der Waals surface area contributed by atoms with E-state index in [1.807, 2.05) is 33.4 Å². The SMILES string of the molecule is C1CC2=C3CCC(=C4CCC(=C1CC2)CC4)CC3. The highest BCUT2D eigenvalue weighted by Crippen LogP contribution is 2.44. The molecule has 0 atom stereocenters. The van der Waals surface area contributed by atoms with Gasteiger partial charge in [-0.25, -0.2) is 0 Å². The van der Waals surface area contributed by atoms with Crippen LogP contribution in [0.3, 0.4) is 0 Å².